The summed E-state index contributed by atoms with van der Waals surface area (Å²) in [5.74, 6) is 0.217. The van der Waals surface area contributed by atoms with Crippen molar-refractivity contribution in [3.05, 3.63) is 24.3 Å². The van der Waals surface area contributed by atoms with Crippen molar-refractivity contribution in [3.8, 4) is 17.1 Å². The summed E-state index contributed by atoms with van der Waals surface area (Å²) in [5.41, 5.74) is 0.390. The molecule has 1 aromatic heterocycles. The number of aromatic nitrogens is 3. The molecule has 0 bridgehead atoms. The van der Waals surface area contributed by atoms with Crippen molar-refractivity contribution in [2.24, 2.45) is 0 Å². The number of thioether (sulfide) groups is 1. The number of alkyl halides is 3. The van der Waals surface area contributed by atoms with Crippen LogP contribution in [0.25, 0.3) is 11.4 Å². The van der Waals surface area contributed by atoms with Crippen molar-refractivity contribution >= 4 is 11.8 Å². The van der Waals surface area contributed by atoms with Gasteiger partial charge in [-0.2, -0.15) is 13.2 Å². The van der Waals surface area contributed by atoms with Crippen molar-refractivity contribution in [2.75, 3.05) is 0 Å². The fourth-order valence-electron chi connectivity index (χ4n) is 1.32. The summed E-state index contributed by atoms with van der Waals surface area (Å²) in [6.07, 6.45) is -4.31. The van der Waals surface area contributed by atoms with E-state index in [9.17, 15) is 18.3 Å². The Labute approximate surface area is 111 Å². The van der Waals surface area contributed by atoms with Gasteiger partial charge in [-0.1, -0.05) is 23.9 Å². The third-order valence-corrected chi connectivity index (χ3v) is 3.38. The second-order valence-corrected chi connectivity index (χ2v) is 5.09. The molecule has 1 atom stereocenters. The molecule has 0 amide bonds. The highest BCUT2D eigenvalue weighted by atomic mass is 32.2. The lowest BCUT2D eigenvalue weighted by Crippen LogP contribution is -2.22. The lowest BCUT2D eigenvalue weighted by Gasteiger charge is -2.12. The van der Waals surface area contributed by atoms with E-state index in [1.54, 1.807) is 18.2 Å². The van der Waals surface area contributed by atoms with Crippen molar-refractivity contribution in [3.63, 3.8) is 0 Å². The van der Waals surface area contributed by atoms with Crippen molar-refractivity contribution in [2.45, 2.75) is 23.5 Å². The van der Waals surface area contributed by atoms with E-state index in [0.29, 0.717) is 17.3 Å². The summed E-state index contributed by atoms with van der Waals surface area (Å²) >= 11 is 0.512. The van der Waals surface area contributed by atoms with Crippen molar-refractivity contribution in [1.82, 2.24) is 15.2 Å². The number of aromatic amines is 1. The SMILES string of the molecule is C[C@@H](Sc1n[nH]c(-c2ccccc2O)n1)C(F)(F)F. The van der Waals surface area contributed by atoms with Gasteiger partial charge in [0.25, 0.3) is 0 Å². The van der Waals surface area contributed by atoms with Gasteiger partial charge in [-0.05, 0) is 19.1 Å². The molecule has 0 aliphatic heterocycles. The van der Waals surface area contributed by atoms with E-state index < -0.39 is 11.4 Å². The van der Waals surface area contributed by atoms with Crippen LogP contribution in [-0.4, -0.2) is 31.7 Å². The first-order valence-electron chi connectivity index (χ1n) is 5.32. The second kappa shape index (κ2) is 5.12. The fraction of sp³-hybridized carbons (Fsp3) is 0.273. The summed E-state index contributed by atoms with van der Waals surface area (Å²) in [6, 6.07) is 6.37. The number of nitrogens with one attached hydrogen (secondary N) is 1. The highest BCUT2D eigenvalue weighted by Crippen LogP contribution is 2.34. The molecule has 102 valence electrons. The molecule has 0 radical (unpaired) electrons. The molecule has 0 spiro atoms. The van der Waals surface area contributed by atoms with Gasteiger partial charge < -0.3 is 5.11 Å². The third-order valence-electron chi connectivity index (χ3n) is 2.37. The number of phenols is 1. The van der Waals surface area contributed by atoms with Gasteiger partial charge in [-0.3, -0.25) is 5.10 Å². The Morgan fingerprint density at radius 3 is 2.63 bits per heavy atom. The zero-order chi connectivity index (χ0) is 14.0. The molecule has 4 nitrogen and oxygen atoms in total. The van der Waals surface area contributed by atoms with Crippen LogP contribution in [0.1, 0.15) is 6.92 Å². The lowest BCUT2D eigenvalue weighted by atomic mass is 10.2. The van der Waals surface area contributed by atoms with Gasteiger partial charge in [0.05, 0.1) is 5.56 Å². The summed E-state index contributed by atoms with van der Waals surface area (Å²) in [5, 5.41) is 14.2. The second-order valence-electron chi connectivity index (χ2n) is 3.79. The maximum atomic E-state index is 12.4. The molecule has 0 saturated carbocycles. The van der Waals surface area contributed by atoms with Crippen LogP contribution in [0, 0.1) is 0 Å². The topological polar surface area (TPSA) is 61.8 Å². The Morgan fingerprint density at radius 1 is 1.32 bits per heavy atom. The van der Waals surface area contributed by atoms with Gasteiger partial charge >= 0.3 is 6.18 Å². The standard InChI is InChI=1S/C11H10F3N3OS/c1-6(11(12,13)14)19-10-15-9(16-17-10)7-4-2-3-5-8(7)18/h2-6,18H,1H3,(H,15,16,17)/t6-/m1/s1. The molecule has 1 heterocycles. The van der Waals surface area contributed by atoms with E-state index in [0.717, 1.165) is 6.92 Å². The minimum absolute atomic E-state index is 0.0110. The Bertz CT molecular complexity index is 570. The average Bonchev–Trinajstić information content (AvgIpc) is 2.76. The first-order valence-corrected chi connectivity index (χ1v) is 6.20. The molecule has 0 saturated heterocycles. The highest BCUT2D eigenvalue weighted by molar-refractivity contribution is 7.99. The normalized spacial score (nSPS) is 13.5. The van der Waals surface area contributed by atoms with E-state index in [1.807, 2.05) is 0 Å². The van der Waals surface area contributed by atoms with Crippen LogP contribution in [0.4, 0.5) is 13.2 Å². The third kappa shape index (κ3) is 3.19. The zero-order valence-corrected chi connectivity index (χ0v) is 10.6. The molecule has 8 heteroatoms. The van der Waals surface area contributed by atoms with Gasteiger partial charge in [0.1, 0.15) is 11.0 Å². The molecule has 0 aliphatic carbocycles. The van der Waals surface area contributed by atoms with E-state index in [2.05, 4.69) is 15.2 Å². The maximum absolute atomic E-state index is 12.4. The Balaban J connectivity index is 2.19. The molecule has 2 N–H and O–H groups in total. The number of rotatable bonds is 3. The Morgan fingerprint density at radius 2 is 2.00 bits per heavy atom. The molecule has 0 aliphatic rings. The number of H-pyrrole nitrogens is 1. The van der Waals surface area contributed by atoms with Gasteiger partial charge in [0.2, 0.25) is 5.16 Å². The quantitative estimate of drug-likeness (QED) is 0.852. The Kier molecular flexibility index (Phi) is 3.70. The van der Waals surface area contributed by atoms with Crippen LogP contribution in [-0.2, 0) is 0 Å². The summed E-state index contributed by atoms with van der Waals surface area (Å²) in [4.78, 5) is 3.93. The van der Waals surface area contributed by atoms with Crippen LogP contribution >= 0.6 is 11.8 Å². The predicted molar refractivity (Wildman–Crippen MR) is 64.9 cm³/mol. The lowest BCUT2D eigenvalue weighted by molar-refractivity contribution is -0.125. The number of hydrogen-bond donors (Lipinski definition) is 2. The van der Waals surface area contributed by atoms with Crippen LogP contribution in [0.2, 0.25) is 0 Å². The predicted octanol–water partition coefficient (Wildman–Crippen LogP) is 3.22. The average molecular weight is 289 g/mol. The summed E-state index contributed by atoms with van der Waals surface area (Å²) in [6.45, 7) is 1.04. The summed E-state index contributed by atoms with van der Waals surface area (Å²) < 4.78 is 37.2. The van der Waals surface area contributed by atoms with Gasteiger partial charge in [-0.15, -0.1) is 5.10 Å². The molecule has 2 rings (SSSR count). The van der Waals surface area contributed by atoms with Crippen LogP contribution in [0.5, 0.6) is 5.75 Å². The molecule has 0 unspecified atom stereocenters. The summed E-state index contributed by atoms with van der Waals surface area (Å²) in [7, 11) is 0. The first-order chi connectivity index (χ1) is 8.88. The molecule has 19 heavy (non-hydrogen) atoms. The maximum Gasteiger partial charge on any atom is 0.400 e. The fourth-order valence-corrected chi connectivity index (χ4v) is 2.01. The number of hydrogen-bond acceptors (Lipinski definition) is 4. The number of benzene rings is 1. The van der Waals surface area contributed by atoms with E-state index in [-0.39, 0.29) is 16.7 Å². The largest absolute Gasteiger partial charge is 0.507 e. The minimum atomic E-state index is -4.31. The van der Waals surface area contributed by atoms with Crippen molar-refractivity contribution < 1.29 is 18.3 Å². The van der Waals surface area contributed by atoms with Gasteiger partial charge in [0, 0.05) is 0 Å². The van der Waals surface area contributed by atoms with E-state index in [4.69, 9.17) is 0 Å². The highest BCUT2D eigenvalue weighted by Gasteiger charge is 2.37. The number of halogens is 3. The molecular weight excluding hydrogens is 279 g/mol. The smallest absolute Gasteiger partial charge is 0.400 e. The number of phenolic OH excluding ortho intramolecular Hbond substituents is 1. The number of para-hydroxylation sites is 1. The van der Waals surface area contributed by atoms with E-state index >= 15 is 0 Å². The molecule has 2 aromatic rings. The first kappa shape index (κ1) is 13.7. The van der Waals surface area contributed by atoms with Crippen LogP contribution in [0.15, 0.2) is 29.4 Å². The Hall–Kier alpha value is -1.70. The van der Waals surface area contributed by atoms with Crippen molar-refractivity contribution in [1.29, 1.82) is 0 Å². The molecule has 0 fully saturated rings. The monoisotopic (exact) mass is 289 g/mol. The van der Waals surface area contributed by atoms with Crippen LogP contribution in [0.3, 0.4) is 0 Å². The van der Waals surface area contributed by atoms with Gasteiger partial charge in [0.15, 0.2) is 5.82 Å². The van der Waals surface area contributed by atoms with E-state index in [1.165, 1.54) is 6.07 Å². The van der Waals surface area contributed by atoms with Crippen LogP contribution < -0.4 is 0 Å². The molecule has 1 aromatic carbocycles. The minimum Gasteiger partial charge on any atom is -0.507 e. The molecular formula is C11H10F3N3OS. The number of nitrogens with zero attached hydrogens (tertiary/aromatic N) is 2. The van der Waals surface area contributed by atoms with Gasteiger partial charge in [-0.25, -0.2) is 4.98 Å². The number of aromatic hydroxyl groups is 1. The zero-order valence-electron chi connectivity index (χ0n) is 9.77.